The fourth-order valence-corrected chi connectivity index (χ4v) is 5.83. The number of hydrogen-bond donors (Lipinski definition) is 0. The molecule has 45 heavy (non-hydrogen) atoms. The predicted molar refractivity (Wildman–Crippen MR) is 161 cm³/mol. The van der Waals surface area contributed by atoms with Crippen LogP contribution in [0.1, 0.15) is 62.9 Å². The summed E-state index contributed by atoms with van der Waals surface area (Å²) in [5.74, 6) is -4.25. The molecule has 4 aromatic carbocycles. The molecule has 0 aliphatic carbocycles. The molecule has 0 saturated heterocycles. The summed E-state index contributed by atoms with van der Waals surface area (Å²) in [5, 5.41) is 0. The van der Waals surface area contributed by atoms with Gasteiger partial charge in [0.25, 0.3) is 41.4 Å². The van der Waals surface area contributed by atoms with Gasteiger partial charge in [-0.25, -0.2) is 9.80 Å². The Morgan fingerprint density at radius 3 is 1.80 bits per heavy atom. The van der Waals surface area contributed by atoms with E-state index in [9.17, 15) is 33.6 Å². The molecule has 7 rings (SSSR count). The zero-order valence-electron chi connectivity index (χ0n) is 23.9. The number of amides is 7. The Kier molecular flexibility index (Phi) is 6.05. The first kappa shape index (κ1) is 27.5. The Hall–Kier alpha value is -6.29. The molecule has 218 valence electrons. The van der Waals surface area contributed by atoms with Crippen molar-refractivity contribution in [1.29, 1.82) is 0 Å². The zero-order chi connectivity index (χ0) is 31.7. The fraction of sp³-hybridized carbons (Fsp3) is 0.0571. The summed E-state index contributed by atoms with van der Waals surface area (Å²) in [6.07, 6.45) is 1.13. The van der Waals surface area contributed by atoms with E-state index in [1.165, 1.54) is 31.3 Å². The minimum atomic E-state index is -0.816. The van der Waals surface area contributed by atoms with E-state index in [1.54, 1.807) is 67.6 Å². The van der Waals surface area contributed by atoms with Gasteiger partial charge >= 0.3 is 0 Å². The summed E-state index contributed by atoms with van der Waals surface area (Å²) >= 11 is 0. The average Bonchev–Trinajstić information content (AvgIpc) is 3.57. The van der Waals surface area contributed by atoms with Crippen LogP contribution in [0.5, 0.6) is 0 Å². The molecule has 0 fully saturated rings. The molecule has 0 radical (unpaired) electrons. The SMILES string of the molecule is Cc1cc(N2C(=O)c3ccc(-c4ccc5c(c4)C(=O)N(C)C5=O)cc3C2=O)ccc1C(=O)N1C(=O)C=C(c2ccccc2)C1=O. The van der Waals surface area contributed by atoms with Crippen molar-refractivity contribution in [2.24, 2.45) is 0 Å². The highest BCUT2D eigenvalue weighted by Gasteiger charge is 2.40. The average molecular weight is 596 g/mol. The van der Waals surface area contributed by atoms with Crippen molar-refractivity contribution >= 4 is 52.6 Å². The molecule has 0 bridgehead atoms. The van der Waals surface area contributed by atoms with Crippen LogP contribution in [0.4, 0.5) is 5.69 Å². The Balaban J connectivity index is 1.15. The van der Waals surface area contributed by atoms with E-state index in [0.29, 0.717) is 32.7 Å². The Morgan fingerprint density at radius 2 is 1.16 bits per heavy atom. The molecule has 7 amide bonds. The van der Waals surface area contributed by atoms with Gasteiger partial charge in [0, 0.05) is 18.7 Å². The van der Waals surface area contributed by atoms with Crippen molar-refractivity contribution in [2.45, 2.75) is 6.92 Å². The summed E-state index contributed by atoms with van der Waals surface area (Å²) in [4.78, 5) is 93.4. The molecule has 3 heterocycles. The normalized spacial score (nSPS) is 15.7. The van der Waals surface area contributed by atoms with Crippen molar-refractivity contribution < 1.29 is 33.6 Å². The van der Waals surface area contributed by atoms with Crippen LogP contribution < -0.4 is 4.90 Å². The van der Waals surface area contributed by atoms with Crippen LogP contribution >= 0.6 is 0 Å². The van der Waals surface area contributed by atoms with Gasteiger partial charge in [-0.3, -0.25) is 38.5 Å². The van der Waals surface area contributed by atoms with Crippen molar-refractivity contribution in [1.82, 2.24) is 9.80 Å². The minimum absolute atomic E-state index is 0.0670. The van der Waals surface area contributed by atoms with Crippen molar-refractivity contribution in [3.63, 3.8) is 0 Å². The maximum absolute atomic E-state index is 13.5. The summed E-state index contributed by atoms with van der Waals surface area (Å²) in [5.41, 5.74) is 3.33. The number of benzene rings is 4. The fourth-order valence-electron chi connectivity index (χ4n) is 5.83. The van der Waals surface area contributed by atoms with Gasteiger partial charge in [-0.2, -0.15) is 0 Å². The number of fused-ring (bicyclic) bond motifs is 2. The monoisotopic (exact) mass is 595 g/mol. The molecular formula is C35H21N3O7. The van der Waals surface area contributed by atoms with Crippen LogP contribution in [-0.4, -0.2) is 58.2 Å². The summed E-state index contributed by atoms with van der Waals surface area (Å²) < 4.78 is 0. The second-order valence-electron chi connectivity index (χ2n) is 10.8. The van der Waals surface area contributed by atoms with Gasteiger partial charge < -0.3 is 0 Å². The van der Waals surface area contributed by atoms with Crippen LogP contribution in [0, 0.1) is 6.92 Å². The van der Waals surface area contributed by atoms with Gasteiger partial charge in [-0.15, -0.1) is 0 Å². The van der Waals surface area contributed by atoms with Crippen LogP contribution in [0.25, 0.3) is 16.7 Å². The number of rotatable bonds is 4. The first-order valence-corrected chi connectivity index (χ1v) is 13.9. The minimum Gasteiger partial charge on any atom is -0.277 e. The van der Waals surface area contributed by atoms with E-state index >= 15 is 0 Å². The quantitative estimate of drug-likeness (QED) is 0.322. The van der Waals surface area contributed by atoms with Crippen molar-refractivity contribution in [3.8, 4) is 11.1 Å². The molecule has 0 aromatic heterocycles. The Bertz CT molecular complexity index is 2130. The standard InChI is InChI=1S/C35H21N3O7/c1-18-14-22(10-13-23(18)32(42)38-29(39)17-26(34(38)44)19-6-4-3-5-7-19)37-33(43)25-12-9-21(16-28(25)35(37)45)20-8-11-24-27(15-20)31(41)36(2)30(24)40/h3-17H,1-2H3. The Labute approximate surface area is 255 Å². The molecule has 0 spiro atoms. The van der Waals surface area contributed by atoms with E-state index in [0.717, 1.165) is 15.9 Å². The number of imide groups is 5. The second kappa shape index (κ2) is 9.88. The van der Waals surface area contributed by atoms with E-state index in [2.05, 4.69) is 0 Å². The number of anilines is 1. The maximum Gasteiger partial charge on any atom is 0.268 e. The third kappa shape index (κ3) is 4.07. The van der Waals surface area contributed by atoms with Gasteiger partial charge in [0.15, 0.2) is 0 Å². The molecule has 0 atom stereocenters. The molecule has 4 aromatic rings. The summed E-state index contributed by atoms with van der Waals surface area (Å²) in [6, 6.07) is 22.4. The molecule has 0 N–H and O–H groups in total. The van der Waals surface area contributed by atoms with Crippen LogP contribution in [0.3, 0.4) is 0 Å². The van der Waals surface area contributed by atoms with Crippen LogP contribution in [-0.2, 0) is 9.59 Å². The molecule has 3 aliphatic rings. The van der Waals surface area contributed by atoms with E-state index in [-0.39, 0.29) is 39.4 Å². The molecule has 0 unspecified atom stereocenters. The van der Waals surface area contributed by atoms with Crippen molar-refractivity contribution in [3.05, 3.63) is 130 Å². The highest BCUT2D eigenvalue weighted by atomic mass is 16.2. The second-order valence-corrected chi connectivity index (χ2v) is 10.8. The lowest BCUT2D eigenvalue weighted by molar-refractivity contribution is -0.133. The Morgan fingerprint density at radius 1 is 0.578 bits per heavy atom. The maximum atomic E-state index is 13.5. The van der Waals surface area contributed by atoms with E-state index in [4.69, 9.17) is 0 Å². The summed E-state index contributed by atoms with van der Waals surface area (Å²) in [7, 11) is 1.41. The van der Waals surface area contributed by atoms with E-state index < -0.39 is 35.4 Å². The first-order chi connectivity index (χ1) is 21.6. The van der Waals surface area contributed by atoms with E-state index in [1.807, 2.05) is 0 Å². The molecule has 3 aliphatic heterocycles. The highest BCUT2D eigenvalue weighted by molar-refractivity contribution is 6.40. The highest BCUT2D eigenvalue weighted by Crippen LogP contribution is 2.35. The topological polar surface area (TPSA) is 129 Å². The number of carbonyl (C=O) groups excluding carboxylic acids is 7. The number of aryl methyl sites for hydroxylation is 1. The lowest BCUT2D eigenvalue weighted by Gasteiger charge is -2.18. The van der Waals surface area contributed by atoms with Gasteiger partial charge in [-0.05, 0) is 71.6 Å². The molecule has 10 heteroatoms. The van der Waals surface area contributed by atoms with Gasteiger partial charge in [-0.1, -0.05) is 42.5 Å². The lowest BCUT2D eigenvalue weighted by atomic mass is 9.97. The van der Waals surface area contributed by atoms with Gasteiger partial charge in [0.1, 0.15) is 0 Å². The molecule has 10 nitrogen and oxygen atoms in total. The largest absolute Gasteiger partial charge is 0.277 e. The predicted octanol–water partition coefficient (Wildman–Crippen LogP) is 4.28. The van der Waals surface area contributed by atoms with Crippen LogP contribution in [0.15, 0.2) is 91.0 Å². The lowest BCUT2D eigenvalue weighted by Crippen LogP contribution is -2.37. The van der Waals surface area contributed by atoms with Crippen LogP contribution in [0.2, 0.25) is 0 Å². The molecular weight excluding hydrogens is 574 g/mol. The van der Waals surface area contributed by atoms with Crippen molar-refractivity contribution in [2.75, 3.05) is 11.9 Å². The molecule has 0 saturated carbocycles. The zero-order valence-corrected chi connectivity index (χ0v) is 23.9. The van der Waals surface area contributed by atoms with Gasteiger partial charge in [0.2, 0.25) is 0 Å². The smallest absolute Gasteiger partial charge is 0.268 e. The third-order valence-corrected chi connectivity index (χ3v) is 8.22. The summed E-state index contributed by atoms with van der Waals surface area (Å²) in [6.45, 7) is 1.58. The number of carbonyl (C=O) groups is 7. The first-order valence-electron chi connectivity index (χ1n) is 13.9. The number of nitrogens with zero attached hydrogens (tertiary/aromatic N) is 3. The third-order valence-electron chi connectivity index (χ3n) is 8.22. The van der Waals surface area contributed by atoms with Gasteiger partial charge in [0.05, 0.1) is 33.5 Å². The number of hydrogen-bond acceptors (Lipinski definition) is 7.